The van der Waals surface area contributed by atoms with Crippen molar-refractivity contribution in [1.29, 1.82) is 0 Å². The topological polar surface area (TPSA) is 164 Å². The highest BCUT2D eigenvalue weighted by molar-refractivity contribution is 9.11. The number of aromatic nitrogens is 4. The van der Waals surface area contributed by atoms with Crippen LogP contribution in [-0.4, -0.2) is 58.0 Å². The molecule has 6 rings (SSSR count). The van der Waals surface area contributed by atoms with Crippen molar-refractivity contribution in [2.45, 2.75) is 0 Å². The molecule has 36 heavy (non-hydrogen) atoms. The van der Waals surface area contributed by atoms with Gasteiger partial charge in [0.2, 0.25) is 0 Å². The average Bonchev–Trinajstić information content (AvgIpc) is 3.58. The molecule has 0 saturated heterocycles. The lowest BCUT2D eigenvalue weighted by molar-refractivity contribution is 0.959. The second-order valence-electron chi connectivity index (χ2n) is 7.70. The van der Waals surface area contributed by atoms with E-state index in [-0.39, 0.29) is 11.1 Å². The molecule has 12 nitrogen and oxygen atoms in total. The van der Waals surface area contributed by atoms with E-state index in [1.54, 1.807) is 0 Å². The SMILES string of the molecule is O=c1cnc2c(Br)c(NC3=NCCN3)ccc2[nH]1.O=c1cnc2ccc(NC3=NCCN3)c(Br)c2[nH]1. The van der Waals surface area contributed by atoms with Crippen molar-refractivity contribution in [1.82, 2.24) is 30.6 Å². The Hall–Kier alpha value is -3.78. The van der Waals surface area contributed by atoms with Crippen LogP contribution in [0.2, 0.25) is 0 Å². The number of aliphatic imine (C=N–C) groups is 2. The van der Waals surface area contributed by atoms with E-state index in [0.29, 0.717) is 16.6 Å². The summed E-state index contributed by atoms with van der Waals surface area (Å²) in [6.45, 7) is 3.23. The van der Waals surface area contributed by atoms with Crippen molar-refractivity contribution in [2.24, 2.45) is 9.98 Å². The first-order valence-corrected chi connectivity index (χ1v) is 12.5. The Morgan fingerprint density at radius 1 is 0.750 bits per heavy atom. The number of hydrogen-bond acceptors (Lipinski definition) is 10. The molecule has 0 aliphatic carbocycles. The van der Waals surface area contributed by atoms with Gasteiger partial charge in [-0.2, -0.15) is 0 Å². The van der Waals surface area contributed by atoms with Gasteiger partial charge in [-0.05, 0) is 56.1 Å². The van der Waals surface area contributed by atoms with Gasteiger partial charge in [0.1, 0.15) is 5.52 Å². The van der Waals surface area contributed by atoms with Crippen LogP contribution < -0.4 is 32.4 Å². The van der Waals surface area contributed by atoms with Gasteiger partial charge in [0.15, 0.2) is 11.9 Å². The number of nitrogens with zero attached hydrogens (tertiary/aromatic N) is 4. The molecule has 0 spiro atoms. The number of fused-ring (bicyclic) bond motifs is 2. The number of anilines is 2. The molecule has 0 saturated carbocycles. The molecule has 2 aromatic carbocycles. The van der Waals surface area contributed by atoms with E-state index in [1.807, 2.05) is 24.3 Å². The van der Waals surface area contributed by atoms with E-state index < -0.39 is 0 Å². The van der Waals surface area contributed by atoms with Crippen LogP contribution in [-0.2, 0) is 0 Å². The molecule has 4 aromatic rings. The third kappa shape index (κ3) is 5.23. The lowest BCUT2D eigenvalue weighted by Gasteiger charge is -2.10. The lowest BCUT2D eigenvalue weighted by Crippen LogP contribution is -2.26. The molecular weight excluding hydrogens is 596 g/mol. The van der Waals surface area contributed by atoms with Crippen molar-refractivity contribution in [3.05, 3.63) is 66.3 Å². The van der Waals surface area contributed by atoms with E-state index in [1.165, 1.54) is 12.4 Å². The zero-order valence-corrected chi connectivity index (χ0v) is 21.8. The fourth-order valence-corrected chi connectivity index (χ4v) is 4.65. The predicted molar refractivity (Wildman–Crippen MR) is 148 cm³/mol. The predicted octanol–water partition coefficient (Wildman–Crippen LogP) is 2.11. The van der Waals surface area contributed by atoms with Gasteiger partial charge < -0.3 is 31.2 Å². The summed E-state index contributed by atoms with van der Waals surface area (Å²) in [4.78, 5) is 44.7. The maximum Gasteiger partial charge on any atom is 0.266 e. The smallest absolute Gasteiger partial charge is 0.266 e. The van der Waals surface area contributed by atoms with Crippen LogP contribution in [0.1, 0.15) is 0 Å². The van der Waals surface area contributed by atoms with Crippen molar-refractivity contribution >= 4 is 77.2 Å². The summed E-state index contributed by atoms with van der Waals surface area (Å²) in [6, 6.07) is 7.41. The number of rotatable bonds is 2. The second kappa shape index (κ2) is 10.5. The van der Waals surface area contributed by atoms with Crippen LogP contribution in [0.25, 0.3) is 22.1 Å². The Kier molecular flexibility index (Phi) is 6.95. The minimum Gasteiger partial charge on any atom is -0.354 e. The van der Waals surface area contributed by atoms with Crippen molar-refractivity contribution in [2.75, 3.05) is 36.8 Å². The fourth-order valence-electron chi connectivity index (χ4n) is 3.57. The van der Waals surface area contributed by atoms with Gasteiger partial charge in [-0.3, -0.25) is 19.6 Å². The monoisotopic (exact) mass is 614 g/mol. The van der Waals surface area contributed by atoms with Crippen LogP contribution in [0.4, 0.5) is 11.4 Å². The van der Waals surface area contributed by atoms with E-state index in [9.17, 15) is 9.59 Å². The lowest BCUT2D eigenvalue weighted by atomic mass is 10.2. The summed E-state index contributed by atoms with van der Waals surface area (Å²) >= 11 is 6.95. The molecule has 0 fully saturated rings. The molecule has 0 amide bonds. The molecular formula is C22H20Br2N10O2. The minimum absolute atomic E-state index is 0.211. The maximum atomic E-state index is 11.3. The van der Waals surface area contributed by atoms with E-state index in [2.05, 4.69) is 83.0 Å². The molecule has 6 N–H and O–H groups in total. The number of nitrogens with one attached hydrogen (secondary N) is 6. The van der Waals surface area contributed by atoms with Gasteiger partial charge >= 0.3 is 0 Å². The summed E-state index contributed by atoms with van der Waals surface area (Å²) in [6.07, 6.45) is 2.53. The third-order valence-electron chi connectivity index (χ3n) is 5.23. The Labute approximate surface area is 220 Å². The standard InChI is InChI=1S/2C11H10BrN5O/c12-9-6(17-11-13-3-4-14-11)1-2-7-10(9)15-5-8(18)16-7;12-9-6(16-11-13-3-4-14-11)1-2-7-10(9)17-8(18)5-15-7/h1-2,5H,3-4H2,(H,16,18)(H2,13,14,17);1-2,5H,3-4H2,(H,17,18)(H2,13,14,16). The third-order valence-corrected chi connectivity index (χ3v) is 6.85. The first kappa shape index (κ1) is 23.9. The van der Waals surface area contributed by atoms with Crippen LogP contribution >= 0.6 is 31.9 Å². The number of aromatic amines is 2. The first-order chi connectivity index (χ1) is 17.5. The number of hydrogen-bond donors (Lipinski definition) is 6. The summed E-state index contributed by atoms with van der Waals surface area (Å²) in [5.74, 6) is 1.49. The maximum absolute atomic E-state index is 11.3. The first-order valence-electron chi connectivity index (χ1n) is 10.9. The highest BCUT2D eigenvalue weighted by Gasteiger charge is 2.12. The highest BCUT2D eigenvalue weighted by atomic mass is 79.9. The van der Waals surface area contributed by atoms with E-state index in [0.717, 1.165) is 63.9 Å². The second-order valence-corrected chi connectivity index (χ2v) is 9.29. The van der Waals surface area contributed by atoms with Gasteiger partial charge in [-0.25, -0.2) is 9.97 Å². The summed E-state index contributed by atoms with van der Waals surface area (Å²) < 4.78 is 1.56. The van der Waals surface area contributed by atoms with Crippen molar-refractivity contribution < 1.29 is 0 Å². The van der Waals surface area contributed by atoms with Gasteiger partial charge in [-0.1, -0.05) is 0 Å². The minimum atomic E-state index is -0.225. The van der Waals surface area contributed by atoms with Crippen LogP contribution in [0.5, 0.6) is 0 Å². The zero-order chi connectivity index (χ0) is 25.1. The molecule has 184 valence electrons. The normalized spacial score (nSPS) is 14.4. The Morgan fingerprint density at radius 2 is 1.36 bits per heavy atom. The van der Waals surface area contributed by atoms with Gasteiger partial charge in [0.25, 0.3) is 11.1 Å². The molecule has 2 aliphatic heterocycles. The summed E-state index contributed by atoms with van der Waals surface area (Å²) in [5.41, 5.74) is 4.06. The average molecular weight is 616 g/mol. The number of halogens is 2. The molecule has 14 heteroatoms. The van der Waals surface area contributed by atoms with Crippen LogP contribution in [0.3, 0.4) is 0 Å². The summed E-state index contributed by atoms with van der Waals surface area (Å²) in [7, 11) is 0. The van der Waals surface area contributed by atoms with Gasteiger partial charge in [-0.15, -0.1) is 0 Å². The number of H-pyrrole nitrogens is 2. The van der Waals surface area contributed by atoms with Crippen molar-refractivity contribution in [3.8, 4) is 0 Å². The van der Waals surface area contributed by atoms with Crippen LogP contribution in [0, 0.1) is 0 Å². The van der Waals surface area contributed by atoms with E-state index in [4.69, 9.17) is 0 Å². The Bertz CT molecular complexity index is 1630. The number of benzene rings is 2. The summed E-state index contributed by atoms with van der Waals surface area (Å²) in [5, 5.41) is 12.6. The zero-order valence-electron chi connectivity index (χ0n) is 18.7. The Balaban J connectivity index is 0.000000148. The quantitative estimate of drug-likeness (QED) is 0.200. The molecule has 2 aromatic heterocycles. The number of guanidine groups is 2. The molecule has 0 bridgehead atoms. The largest absolute Gasteiger partial charge is 0.354 e. The molecule has 4 heterocycles. The fraction of sp³-hybridized carbons (Fsp3) is 0.182. The molecule has 0 radical (unpaired) electrons. The molecule has 0 unspecified atom stereocenters. The molecule has 2 aliphatic rings. The van der Waals surface area contributed by atoms with E-state index >= 15 is 0 Å². The Morgan fingerprint density at radius 3 is 2.03 bits per heavy atom. The highest BCUT2D eigenvalue weighted by Crippen LogP contribution is 2.29. The van der Waals surface area contributed by atoms with Gasteiger partial charge in [0, 0.05) is 13.1 Å². The van der Waals surface area contributed by atoms with Gasteiger partial charge in [0.05, 0.1) is 62.4 Å². The van der Waals surface area contributed by atoms with Crippen LogP contribution in [0.15, 0.2) is 65.2 Å². The van der Waals surface area contributed by atoms with Crippen molar-refractivity contribution in [3.63, 3.8) is 0 Å². The molecule has 0 atom stereocenters.